The first-order chi connectivity index (χ1) is 12.5. The van der Waals surface area contributed by atoms with E-state index in [4.69, 9.17) is 0 Å². The van der Waals surface area contributed by atoms with Gasteiger partial charge in [0, 0.05) is 31.5 Å². The number of benzene rings is 1. The van der Waals surface area contributed by atoms with E-state index < -0.39 is 0 Å². The number of nitrogens with zero attached hydrogens (tertiary/aromatic N) is 1. The van der Waals surface area contributed by atoms with E-state index in [2.05, 4.69) is 21.7 Å². The number of para-hydroxylation sites is 1. The van der Waals surface area contributed by atoms with Gasteiger partial charge in [-0.05, 0) is 42.9 Å². The Hall–Kier alpha value is -2.47. The summed E-state index contributed by atoms with van der Waals surface area (Å²) in [7, 11) is 0. The summed E-state index contributed by atoms with van der Waals surface area (Å²) in [5.41, 5.74) is 1.89. The number of aliphatic hydroxyl groups excluding tert-OH is 1. The molecule has 0 bridgehead atoms. The second-order valence-electron chi connectivity index (χ2n) is 6.98. The van der Waals surface area contributed by atoms with Gasteiger partial charge in [-0.15, -0.1) is 0 Å². The number of hydrogen-bond acceptors (Lipinski definition) is 4. The van der Waals surface area contributed by atoms with Crippen molar-refractivity contribution in [3.05, 3.63) is 42.1 Å². The number of aromatic nitrogens is 1. The highest BCUT2D eigenvalue weighted by atomic mass is 16.3. The highest BCUT2D eigenvalue weighted by Gasteiger charge is 2.35. The van der Waals surface area contributed by atoms with Crippen molar-refractivity contribution in [3.63, 3.8) is 0 Å². The van der Waals surface area contributed by atoms with Gasteiger partial charge < -0.3 is 15.7 Å². The van der Waals surface area contributed by atoms with Crippen LogP contribution in [0.15, 0.2) is 36.5 Å². The Morgan fingerprint density at radius 2 is 2.08 bits per heavy atom. The fourth-order valence-electron chi connectivity index (χ4n) is 3.39. The van der Waals surface area contributed by atoms with Crippen LogP contribution in [0.25, 0.3) is 10.9 Å². The molecule has 3 rings (SSSR count). The molecule has 1 aromatic carbocycles. The van der Waals surface area contributed by atoms with Crippen LogP contribution in [0.5, 0.6) is 0 Å². The third-order valence-electron chi connectivity index (χ3n) is 4.86. The monoisotopic (exact) mass is 355 g/mol. The molecule has 1 atom stereocenters. The lowest BCUT2D eigenvalue weighted by Gasteiger charge is -2.38. The molecule has 138 valence electrons. The third kappa shape index (κ3) is 4.58. The van der Waals surface area contributed by atoms with Crippen LogP contribution in [0.4, 0.5) is 0 Å². The predicted octanol–water partition coefficient (Wildman–Crippen LogP) is 2.08. The Morgan fingerprint density at radius 1 is 1.31 bits per heavy atom. The van der Waals surface area contributed by atoms with Crippen molar-refractivity contribution in [2.45, 2.75) is 44.8 Å². The molecule has 3 N–H and O–H groups in total. The number of nitrogens with one attached hydrogen (secondary N) is 2. The molecule has 1 aliphatic rings. The van der Waals surface area contributed by atoms with E-state index in [1.807, 2.05) is 30.5 Å². The number of fused-ring (bicyclic) bond motifs is 1. The molecule has 2 amide bonds. The van der Waals surface area contributed by atoms with Crippen molar-refractivity contribution in [2.24, 2.45) is 5.92 Å². The van der Waals surface area contributed by atoms with E-state index >= 15 is 0 Å². The summed E-state index contributed by atoms with van der Waals surface area (Å²) in [6, 6.07) is 9.80. The number of amides is 2. The number of pyridine rings is 1. The molecule has 1 fully saturated rings. The standard InChI is InChI=1S/C20H25N3O3/c1-13(24)21-8-4-7-19(26)23-20(15-10-17(25)11-15)16-9-14-5-2-3-6-18(14)22-12-16/h2-3,5-6,9,12,15,17,20,25H,4,7-8,10-11H2,1H3,(H,21,24)(H,23,26)/t15?,17?,20-/m1/s1. The minimum Gasteiger partial charge on any atom is -0.393 e. The lowest BCUT2D eigenvalue weighted by atomic mass is 9.75. The first-order valence-corrected chi connectivity index (χ1v) is 9.09. The Labute approximate surface area is 153 Å². The second kappa shape index (κ2) is 8.27. The van der Waals surface area contributed by atoms with E-state index in [-0.39, 0.29) is 29.9 Å². The Bertz CT molecular complexity index is 787. The molecule has 6 heteroatoms. The SMILES string of the molecule is CC(=O)NCCCC(=O)N[C@@H](c1cnc2ccccc2c1)C1CC(O)C1. The number of hydrogen-bond donors (Lipinski definition) is 3. The zero-order valence-corrected chi connectivity index (χ0v) is 14.9. The zero-order valence-electron chi connectivity index (χ0n) is 14.9. The molecule has 0 radical (unpaired) electrons. The average Bonchev–Trinajstić information content (AvgIpc) is 2.60. The molecule has 0 aliphatic heterocycles. The largest absolute Gasteiger partial charge is 0.393 e. The van der Waals surface area contributed by atoms with Gasteiger partial charge in [-0.3, -0.25) is 14.6 Å². The summed E-state index contributed by atoms with van der Waals surface area (Å²) < 4.78 is 0. The summed E-state index contributed by atoms with van der Waals surface area (Å²) in [5, 5.41) is 16.5. The zero-order chi connectivity index (χ0) is 18.5. The van der Waals surface area contributed by atoms with Crippen LogP contribution < -0.4 is 10.6 Å². The van der Waals surface area contributed by atoms with Gasteiger partial charge >= 0.3 is 0 Å². The van der Waals surface area contributed by atoms with Crippen LogP contribution in [-0.2, 0) is 9.59 Å². The minimum atomic E-state index is -0.285. The van der Waals surface area contributed by atoms with E-state index in [0.29, 0.717) is 32.2 Å². The maximum Gasteiger partial charge on any atom is 0.220 e. The van der Waals surface area contributed by atoms with Crippen molar-refractivity contribution < 1.29 is 14.7 Å². The van der Waals surface area contributed by atoms with Crippen LogP contribution in [0.3, 0.4) is 0 Å². The van der Waals surface area contributed by atoms with Crippen LogP contribution in [0, 0.1) is 5.92 Å². The normalized spacial score (nSPS) is 20.2. The maximum atomic E-state index is 12.4. The van der Waals surface area contributed by atoms with E-state index in [1.165, 1.54) is 6.92 Å². The van der Waals surface area contributed by atoms with Crippen LogP contribution in [0.1, 0.15) is 44.2 Å². The van der Waals surface area contributed by atoms with Crippen molar-refractivity contribution >= 4 is 22.7 Å². The Kier molecular flexibility index (Phi) is 5.83. The van der Waals surface area contributed by atoms with Gasteiger partial charge in [0.05, 0.1) is 17.7 Å². The van der Waals surface area contributed by atoms with Crippen molar-refractivity contribution in [3.8, 4) is 0 Å². The smallest absolute Gasteiger partial charge is 0.220 e. The highest BCUT2D eigenvalue weighted by Crippen LogP contribution is 2.38. The molecule has 1 aromatic heterocycles. The molecule has 0 unspecified atom stereocenters. The Balaban J connectivity index is 1.68. The number of rotatable bonds is 7. The number of aliphatic hydroxyl groups is 1. The van der Waals surface area contributed by atoms with E-state index in [1.54, 1.807) is 0 Å². The first kappa shape index (κ1) is 18.3. The van der Waals surface area contributed by atoms with Gasteiger partial charge in [-0.2, -0.15) is 0 Å². The topological polar surface area (TPSA) is 91.3 Å². The summed E-state index contributed by atoms with van der Waals surface area (Å²) in [5.74, 6) is 0.0798. The Morgan fingerprint density at radius 3 is 2.81 bits per heavy atom. The fraction of sp³-hybridized carbons (Fsp3) is 0.450. The van der Waals surface area contributed by atoms with Gasteiger partial charge in [-0.25, -0.2) is 0 Å². The molecule has 1 aliphatic carbocycles. The van der Waals surface area contributed by atoms with E-state index in [9.17, 15) is 14.7 Å². The maximum absolute atomic E-state index is 12.4. The molecule has 2 aromatic rings. The quantitative estimate of drug-likeness (QED) is 0.663. The highest BCUT2D eigenvalue weighted by molar-refractivity contribution is 5.80. The van der Waals surface area contributed by atoms with Crippen LogP contribution >= 0.6 is 0 Å². The van der Waals surface area contributed by atoms with Crippen molar-refractivity contribution in [1.29, 1.82) is 0 Å². The molecule has 0 spiro atoms. The molecule has 1 heterocycles. The van der Waals surface area contributed by atoms with Gasteiger partial charge in [0.1, 0.15) is 0 Å². The average molecular weight is 355 g/mol. The summed E-state index contributed by atoms with van der Waals surface area (Å²) in [6.07, 6.45) is 3.85. The van der Waals surface area contributed by atoms with Crippen molar-refractivity contribution in [1.82, 2.24) is 15.6 Å². The first-order valence-electron chi connectivity index (χ1n) is 9.09. The van der Waals surface area contributed by atoms with Crippen molar-refractivity contribution in [2.75, 3.05) is 6.54 Å². The van der Waals surface area contributed by atoms with Crippen LogP contribution in [-0.4, -0.2) is 34.6 Å². The molecule has 26 heavy (non-hydrogen) atoms. The van der Waals surface area contributed by atoms with Gasteiger partial charge in [0.2, 0.25) is 11.8 Å². The lowest BCUT2D eigenvalue weighted by molar-refractivity contribution is -0.123. The third-order valence-corrected chi connectivity index (χ3v) is 4.86. The summed E-state index contributed by atoms with van der Waals surface area (Å²) in [6.45, 7) is 1.96. The second-order valence-corrected chi connectivity index (χ2v) is 6.98. The molecule has 1 saturated carbocycles. The predicted molar refractivity (Wildman–Crippen MR) is 99.3 cm³/mol. The minimum absolute atomic E-state index is 0.0464. The van der Waals surface area contributed by atoms with Gasteiger partial charge in [0.15, 0.2) is 0 Å². The fourth-order valence-corrected chi connectivity index (χ4v) is 3.39. The summed E-state index contributed by atoms with van der Waals surface area (Å²) in [4.78, 5) is 27.7. The number of carbonyl (C=O) groups excluding carboxylic acids is 2. The van der Waals surface area contributed by atoms with Gasteiger partial charge in [-0.1, -0.05) is 18.2 Å². The van der Waals surface area contributed by atoms with Crippen LogP contribution in [0.2, 0.25) is 0 Å². The van der Waals surface area contributed by atoms with E-state index in [0.717, 1.165) is 16.5 Å². The lowest BCUT2D eigenvalue weighted by Crippen LogP contribution is -2.41. The molecule has 6 nitrogen and oxygen atoms in total. The molecule has 0 saturated heterocycles. The molecular formula is C20H25N3O3. The molecular weight excluding hydrogens is 330 g/mol. The van der Waals surface area contributed by atoms with Gasteiger partial charge in [0.25, 0.3) is 0 Å². The summed E-state index contributed by atoms with van der Waals surface area (Å²) >= 11 is 0. The number of carbonyl (C=O) groups is 2.